The highest BCUT2D eigenvalue weighted by Crippen LogP contribution is 2.26. The first-order chi connectivity index (χ1) is 12.4. The van der Waals surface area contributed by atoms with Gasteiger partial charge in [0.05, 0.1) is 10.6 Å². The Morgan fingerprint density at radius 3 is 2.35 bits per heavy atom. The Morgan fingerprint density at radius 1 is 1.12 bits per heavy atom. The Hall–Kier alpha value is -1.68. The molecule has 0 saturated heterocycles. The predicted octanol–water partition coefficient (Wildman–Crippen LogP) is 3.15. The molecule has 6 nitrogen and oxygen atoms in total. The van der Waals surface area contributed by atoms with Crippen LogP contribution < -0.4 is 5.73 Å². The van der Waals surface area contributed by atoms with Crippen molar-refractivity contribution in [3.05, 3.63) is 53.0 Å². The minimum absolute atomic E-state index is 0.272. The third-order valence-corrected chi connectivity index (χ3v) is 6.08. The van der Waals surface area contributed by atoms with Crippen LogP contribution in [0.25, 0.3) is 17.1 Å². The van der Waals surface area contributed by atoms with Gasteiger partial charge in [0.2, 0.25) is 5.16 Å². The van der Waals surface area contributed by atoms with Gasteiger partial charge in [-0.25, -0.2) is 18.1 Å². The van der Waals surface area contributed by atoms with E-state index in [-0.39, 0.29) is 4.90 Å². The third kappa shape index (κ3) is 4.35. The first-order valence-electron chi connectivity index (χ1n) is 7.75. The molecule has 2 aromatic carbocycles. The van der Waals surface area contributed by atoms with Crippen molar-refractivity contribution in [2.24, 2.45) is 5.73 Å². The van der Waals surface area contributed by atoms with Gasteiger partial charge < -0.3 is 5.73 Å². The van der Waals surface area contributed by atoms with E-state index < -0.39 is 9.84 Å². The van der Waals surface area contributed by atoms with Crippen molar-refractivity contribution in [3.63, 3.8) is 0 Å². The van der Waals surface area contributed by atoms with Crippen molar-refractivity contribution in [1.82, 2.24) is 14.8 Å². The van der Waals surface area contributed by atoms with Crippen LogP contribution in [0.15, 0.2) is 63.1 Å². The van der Waals surface area contributed by atoms with E-state index in [0.29, 0.717) is 17.5 Å². The van der Waals surface area contributed by atoms with Gasteiger partial charge in [-0.05, 0) is 48.5 Å². The Balaban J connectivity index is 2.06. The van der Waals surface area contributed by atoms with E-state index in [1.165, 1.54) is 18.0 Å². The van der Waals surface area contributed by atoms with Crippen molar-refractivity contribution in [1.29, 1.82) is 0 Å². The number of hydrogen-bond donors (Lipinski definition) is 1. The second-order valence-electron chi connectivity index (χ2n) is 5.54. The maximum absolute atomic E-state index is 11.7. The number of halogens is 1. The summed E-state index contributed by atoms with van der Waals surface area (Å²) in [6.45, 7) is 0.538. The van der Waals surface area contributed by atoms with Gasteiger partial charge in [0.15, 0.2) is 15.7 Å². The van der Waals surface area contributed by atoms with Crippen molar-refractivity contribution in [3.8, 4) is 17.1 Å². The molecule has 2 N–H and O–H groups in total. The average molecular weight is 453 g/mol. The molecule has 3 rings (SSSR count). The molecule has 0 saturated carbocycles. The number of nitrogens with two attached hydrogens (primary N) is 1. The second kappa shape index (κ2) is 7.91. The zero-order chi connectivity index (χ0) is 18.7. The van der Waals surface area contributed by atoms with Gasteiger partial charge in [-0.3, -0.25) is 0 Å². The second-order valence-corrected chi connectivity index (χ2v) is 9.53. The summed E-state index contributed by atoms with van der Waals surface area (Å²) in [7, 11) is -3.24. The molecule has 0 amide bonds. The first-order valence-corrected chi connectivity index (χ1v) is 11.4. The largest absolute Gasteiger partial charge is 0.330 e. The van der Waals surface area contributed by atoms with Gasteiger partial charge in [-0.15, -0.1) is 5.10 Å². The van der Waals surface area contributed by atoms with Crippen molar-refractivity contribution < 1.29 is 8.42 Å². The molecule has 0 unspecified atom stereocenters. The molecule has 136 valence electrons. The molecule has 0 aliphatic carbocycles. The van der Waals surface area contributed by atoms with Crippen LogP contribution in [0.4, 0.5) is 0 Å². The van der Waals surface area contributed by atoms with E-state index in [1.807, 2.05) is 24.3 Å². The summed E-state index contributed by atoms with van der Waals surface area (Å²) in [5, 5.41) is 5.20. The van der Waals surface area contributed by atoms with E-state index in [4.69, 9.17) is 5.73 Å². The standard InChI is InChI=1S/C17H17BrN4O2S2/c1-26(23,24)15-8-2-12(3-9-15)16-20-17(25-11-10-19)21-22(16)14-6-4-13(18)5-7-14/h2-9H,10-11,19H2,1H3. The molecular formula is C17H17BrN4O2S2. The highest BCUT2D eigenvalue weighted by molar-refractivity contribution is 9.10. The van der Waals surface area contributed by atoms with Gasteiger partial charge in [-0.2, -0.15) is 0 Å². The molecule has 0 bridgehead atoms. The van der Waals surface area contributed by atoms with Gasteiger partial charge in [0.25, 0.3) is 0 Å². The Bertz CT molecular complexity index is 1000. The lowest BCUT2D eigenvalue weighted by Crippen LogP contribution is -2.02. The maximum Gasteiger partial charge on any atom is 0.209 e. The molecule has 9 heteroatoms. The number of rotatable bonds is 6. The summed E-state index contributed by atoms with van der Waals surface area (Å²) in [6, 6.07) is 14.4. The molecule has 0 fully saturated rings. The fourth-order valence-electron chi connectivity index (χ4n) is 2.30. The van der Waals surface area contributed by atoms with Gasteiger partial charge in [0, 0.05) is 28.6 Å². The number of thioether (sulfide) groups is 1. The lowest BCUT2D eigenvalue weighted by Gasteiger charge is -2.07. The summed E-state index contributed by atoms with van der Waals surface area (Å²) in [4.78, 5) is 4.88. The van der Waals surface area contributed by atoms with Crippen molar-refractivity contribution in [2.45, 2.75) is 10.1 Å². The van der Waals surface area contributed by atoms with Crippen LogP contribution >= 0.6 is 27.7 Å². The fraction of sp³-hybridized carbons (Fsp3) is 0.176. The number of benzene rings is 2. The van der Waals surface area contributed by atoms with E-state index in [0.717, 1.165) is 21.5 Å². The Morgan fingerprint density at radius 2 is 1.77 bits per heavy atom. The van der Waals surface area contributed by atoms with E-state index in [1.54, 1.807) is 28.9 Å². The summed E-state index contributed by atoms with van der Waals surface area (Å²) >= 11 is 4.91. The van der Waals surface area contributed by atoms with Crippen LogP contribution in [-0.4, -0.2) is 41.7 Å². The zero-order valence-corrected chi connectivity index (χ0v) is 17.2. The lowest BCUT2D eigenvalue weighted by molar-refractivity contribution is 0.602. The number of nitrogens with zero attached hydrogens (tertiary/aromatic N) is 3. The Labute approximate surface area is 164 Å². The van der Waals surface area contributed by atoms with Crippen molar-refractivity contribution >= 4 is 37.5 Å². The lowest BCUT2D eigenvalue weighted by atomic mass is 10.2. The maximum atomic E-state index is 11.7. The molecule has 26 heavy (non-hydrogen) atoms. The van der Waals surface area contributed by atoms with E-state index in [9.17, 15) is 8.42 Å². The summed E-state index contributed by atoms with van der Waals surface area (Å²) in [5.74, 6) is 1.36. The molecule has 0 aliphatic heterocycles. The summed E-state index contributed by atoms with van der Waals surface area (Å²) in [6.07, 6.45) is 1.19. The highest BCUT2D eigenvalue weighted by atomic mass is 79.9. The smallest absolute Gasteiger partial charge is 0.209 e. The molecule has 0 radical (unpaired) electrons. The number of hydrogen-bond acceptors (Lipinski definition) is 6. The minimum Gasteiger partial charge on any atom is -0.330 e. The SMILES string of the molecule is CS(=O)(=O)c1ccc(-c2nc(SCCN)nn2-c2ccc(Br)cc2)cc1. The number of sulfone groups is 1. The highest BCUT2D eigenvalue weighted by Gasteiger charge is 2.15. The normalized spacial score (nSPS) is 11.7. The van der Waals surface area contributed by atoms with Gasteiger partial charge in [-0.1, -0.05) is 27.7 Å². The average Bonchev–Trinajstić information content (AvgIpc) is 3.04. The van der Waals surface area contributed by atoms with Gasteiger partial charge >= 0.3 is 0 Å². The molecule has 3 aromatic rings. The predicted molar refractivity (Wildman–Crippen MR) is 107 cm³/mol. The van der Waals surface area contributed by atoms with Gasteiger partial charge in [0.1, 0.15) is 0 Å². The molecule has 0 spiro atoms. The van der Waals surface area contributed by atoms with E-state index in [2.05, 4.69) is 26.0 Å². The topological polar surface area (TPSA) is 90.9 Å². The van der Waals surface area contributed by atoms with Crippen molar-refractivity contribution in [2.75, 3.05) is 18.6 Å². The fourth-order valence-corrected chi connectivity index (χ4v) is 3.79. The summed E-state index contributed by atoms with van der Waals surface area (Å²) in [5.41, 5.74) is 7.22. The minimum atomic E-state index is -3.24. The summed E-state index contributed by atoms with van der Waals surface area (Å²) < 4.78 is 26.1. The molecule has 1 heterocycles. The van der Waals surface area contributed by atoms with Crippen LogP contribution in [0.3, 0.4) is 0 Å². The molecule has 1 aromatic heterocycles. The third-order valence-electron chi connectivity index (χ3n) is 3.55. The number of aromatic nitrogens is 3. The monoisotopic (exact) mass is 452 g/mol. The van der Waals surface area contributed by atoms with Crippen LogP contribution in [0, 0.1) is 0 Å². The van der Waals surface area contributed by atoms with E-state index >= 15 is 0 Å². The molecule has 0 atom stereocenters. The van der Waals surface area contributed by atoms with Crippen LogP contribution in [0.2, 0.25) is 0 Å². The van der Waals surface area contributed by atoms with Crippen LogP contribution in [-0.2, 0) is 9.84 Å². The van der Waals surface area contributed by atoms with Crippen LogP contribution in [0.5, 0.6) is 0 Å². The van der Waals surface area contributed by atoms with Crippen LogP contribution in [0.1, 0.15) is 0 Å². The Kier molecular flexibility index (Phi) is 5.81. The molecular weight excluding hydrogens is 436 g/mol. The quantitative estimate of drug-likeness (QED) is 0.577. The zero-order valence-electron chi connectivity index (χ0n) is 14.0. The molecule has 0 aliphatic rings. The first kappa shape index (κ1) is 19.1.